The van der Waals surface area contributed by atoms with Gasteiger partial charge in [-0.3, -0.25) is 4.99 Å². The lowest BCUT2D eigenvalue weighted by Crippen LogP contribution is -2.38. The Labute approximate surface area is 162 Å². The summed E-state index contributed by atoms with van der Waals surface area (Å²) >= 11 is 5.91. The van der Waals surface area contributed by atoms with Crippen LogP contribution >= 0.6 is 11.6 Å². The highest BCUT2D eigenvalue weighted by Gasteiger charge is 2.13. The Morgan fingerprint density at radius 3 is 2.73 bits per heavy atom. The van der Waals surface area contributed by atoms with E-state index in [0.717, 1.165) is 82.7 Å². The Kier molecular flexibility index (Phi) is 10.5. The van der Waals surface area contributed by atoms with E-state index in [1.807, 2.05) is 12.1 Å². The summed E-state index contributed by atoms with van der Waals surface area (Å²) in [7, 11) is 0. The number of halogens is 1. The lowest BCUT2D eigenvalue weighted by Gasteiger charge is -2.21. The molecule has 0 aliphatic carbocycles. The minimum absolute atomic E-state index is 0.666. The first-order chi connectivity index (χ1) is 12.8. The van der Waals surface area contributed by atoms with Crippen molar-refractivity contribution in [2.75, 3.05) is 46.1 Å². The molecular weight excluding hydrogens is 350 g/mol. The fourth-order valence-electron chi connectivity index (χ4n) is 2.84. The molecule has 0 bridgehead atoms. The molecule has 5 nitrogen and oxygen atoms in total. The van der Waals surface area contributed by atoms with Crippen LogP contribution in [0.15, 0.2) is 29.3 Å². The normalized spacial score (nSPS) is 15.8. The summed E-state index contributed by atoms with van der Waals surface area (Å²) in [5, 5.41) is 7.43. The molecule has 26 heavy (non-hydrogen) atoms. The molecule has 0 saturated carbocycles. The summed E-state index contributed by atoms with van der Waals surface area (Å²) in [6.45, 7) is 7.92. The van der Waals surface area contributed by atoms with E-state index >= 15 is 0 Å². The van der Waals surface area contributed by atoms with Gasteiger partial charge in [-0.05, 0) is 56.2 Å². The van der Waals surface area contributed by atoms with Crippen LogP contribution in [0.4, 0.5) is 0 Å². The second kappa shape index (κ2) is 13.0. The van der Waals surface area contributed by atoms with Crippen molar-refractivity contribution in [3.63, 3.8) is 0 Å². The van der Waals surface area contributed by atoms with E-state index < -0.39 is 0 Å². The number of hydrogen-bond donors (Lipinski definition) is 2. The number of guanidine groups is 1. The monoisotopic (exact) mass is 381 g/mol. The van der Waals surface area contributed by atoms with Crippen LogP contribution in [0.1, 0.15) is 31.7 Å². The Hall–Kier alpha value is -1.30. The average molecular weight is 382 g/mol. The van der Waals surface area contributed by atoms with Gasteiger partial charge in [0.2, 0.25) is 0 Å². The first kappa shape index (κ1) is 21.0. The van der Waals surface area contributed by atoms with Gasteiger partial charge >= 0.3 is 0 Å². The van der Waals surface area contributed by atoms with E-state index in [1.165, 1.54) is 5.56 Å². The van der Waals surface area contributed by atoms with E-state index in [4.69, 9.17) is 21.1 Å². The van der Waals surface area contributed by atoms with Crippen LogP contribution in [0.25, 0.3) is 0 Å². The van der Waals surface area contributed by atoms with Crippen LogP contribution < -0.4 is 10.6 Å². The molecule has 1 saturated heterocycles. The maximum Gasteiger partial charge on any atom is 0.191 e. The zero-order chi connectivity index (χ0) is 18.5. The van der Waals surface area contributed by atoms with Crippen LogP contribution in [0.3, 0.4) is 0 Å². The third-order valence-electron chi connectivity index (χ3n) is 4.37. The van der Waals surface area contributed by atoms with Crippen LogP contribution in [0, 0.1) is 5.92 Å². The zero-order valence-electron chi connectivity index (χ0n) is 15.8. The fourth-order valence-corrected chi connectivity index (χ4v) is 2.96. The molecule has 1 aromatic carbocycles. The van der Waals surface area contributed by atoms with Gasteiger partial charge in [-0.15, -0.1) is 0 Å². The van der Waals surface area contributed by atoms with Gasteiger partial charge in [-0.1, -0.05) is 23.7 Å². The Balaban J connectivity index is 1.58. The van der Waals surface area contributed by atoms with Crippen molar-refractivity contribution in [3.8, 4) is 0 Å². The van der Waals surface area contributed by atoms with E-state index in [1.54, 1.807) is 0 Å². The molecule has 0 atom stereocenters. The molecule has 1 aliphatic rings. The lowest BCUT2D eigenvalue weighted by atomic mass is 10.0. The quantitative estimate of drug-likeness (QED) is 0.371. The fraction of sp³-hybridized carbons (Fsp3) is 0.650. The highest BCUT2D eigenvalue weighted by Crippen LogP contribution is 2.14. The van der Waals surface area contributed by atoms with E-state index in [0.29, 0.717) is 5.92 Å². The highest BCUT2D eigenvalue weighted by molar-refractivity contribution is 6.30. The molecule has 1 fully saturated rings. The van der Waals surface area contributed by atoms with Crippen LogP contribution in [-0.2, 0) is 15.9 Å². The molecule has 1 aromatic rings. The summed E-state index contributed by atoms with van der Waals surface area (Å²) < 4.78 is 11.2. The summed E-state index contributed by atoms with van der Waals surface area (Å²) in [5.41, 5.74) is 1.26. The van der Waals surface area contributed by atoms with Crippen molar-refractivity contribution >= 4 is 17.6 Å². The predicted molar refractivity (Wildman–Crippen MR) is 108 cm³/mol. The number of rotatable bonds is 10. The summed E-state index contributed by atoms with van der Waals surface area (Å²) in [5.74, 6) is 1.53. The molecule has 0 unspecified atom stereocenters. The average Bonchev–Trinajstić information content (AvgIpc) is 2.67. The summed E-state index contributed by atoms with van der Waals surface area (Å²) in [6, 6.07) is 7.97. The van der Waals surface area contributed by atoms with Gasteiger partial charge in [0.1, 0.15) is 0 Å². The smallest absolute Gasteiger partial charge is 0.191 e. The van der Waals surface area contributed by atoms with E-state index in [2.05, 4.69) is 34.7 Å². The zero-order valence-corrected chi connectivity index (χ0v) is 16.6. The molecule has 0 aromatic heterocycles. The third kappa shape index (κ3) is 8.88. The summed E-state index contributed by atoms with van der Waals surface area (Å²) in [6.07, 6.45) is 4.13. The van der Waals surface area contributed by atoms with Crippen molar-refractivity contribution in [2.45, 2.75) is 32.6 Å². The van der Waals surface area contributed by atoms with Crippen molar-refractivity contribution in [2.24, 2.45) is 10.9 Å². The van der Waals surface area contributed by atoms with Gasteiger partial charge in [-0.25, -0.2) is 0 Å². The largest absolute Gasteiger partial charge is 0.381 e. The molecule has 6 heteroatoms. The second-order valence-electron chi connectivity index (χ2n) is 6.55. The van der Waals surface area contributed by atoms with Crippen molar-refractivity contribution in [1.82, 2.24) is 10.6 Å². The number of nitrogens with one attached hydrogen (secondary N) is 2. The Bertz CT molecular complexity index is 516. The minimum Gasteiger partial charge on any atom is -0.381 e. The first-order valence-electron chi connectivity index (χ1n) is 9.70. The first-order valence-corrected chi connectivity index (χ1v) is 10.1. The van der Waals surface area contributed by atoms with E-state index in [-0.39, 0.29) is 0 Å². The molecule has 146 valence electrons. The molecule has 0 amide bonds. The van der Waals surface area contributed by atoms with Crippen LogP contribution in [0.2, 0.25) is 5.02 Å². The number of benzene rings is 1. The SMILES string of the molecule is CCNC(=NCCCOCC1CCOCC1)NCCc1ccc(Cl)cc1. The van der Waals surface area contributed by atoms with Crippen LogP contribution in [-0.4, -0.2) is 52.0 Å². The van der Waals surface area contributed by atoms with Crippen molar-refractivity contribution < 1.29 is 9.47 Å². The molecule has 0 spiro atoms. The molecule has 2 N–H and O–H groups in total. The Morgan fingerprint density at radius 2 is 2.00 bits per heavy atom. The number of aliphatic imine (C=N–C) groups is 1. The van der Waals surface area contributed by atoms with Gasteiger partial charge in [-0.2, -0.15) is 0 Å². The van der Waals surface area contributed by atoms with E-state index in [9.17, 15) is 0 Å². The van der Waals surface area contributed by atoms with Gasteiger partial charge in [0.25, 0.3) is 0 Å². The number of nitrogens with zero attached hydrogens (tertiary/aromatic N) is 1. The molecule has 0 radical (unpaired) electrons. The topological polar surface area (TPSA) is 54.9 Å². The molecule has 1 aliphatic heterocycles. The van der Waals surface area contributed by atoms with Crippen molar-refractivity contribution in [3.05, 3.63) is 34.9 Å². The van der Waals surface area contributed by atoms with Gasteiger partial charge < -0.3 is 20.1 Å². The minimum atomic E-state index is 0.666. The van der Waals surface area contributed by atoms with Gasteiger partial charge in [0.15, 0.2) is 5.96 Å². The van der Waals surface area contributed by atoms with Gasteiger partial charge in [0, 0.05) is 51.1 Å². The highest BCUT2D eigenvalue weighted by atomic mass is 35.5. The maximum absolute atomic E-state index is 5.91. The molecule has 2 rings (SSSR count). The van der Waals surface area contributed by atoms with Crippen molar-refractivity contribution in [1.29, 1.82) is 0 Å². The number of hydrogen-bond acceptors (Lipinski definition) is 3. The summed E-state index contributed by atoms with van der Waals surface area (Å²) in [4.78, 5) is 4.62. The lowest BCUT2D eigenvalue weighted by molar-refractivity contribution is 0.0205. The molecular formula is C20H32ClN3O2. The van der Waals surface area contributed by atoms with Crippen LogP contribution in [0.5, 0.6) is 0 Å². The maximum atomic E-state index is 5.91. The molecule has 1 heterocycles. The Morgan fingerprint density at radius 1 is 1.23 bits per heavy atom. The second-order valence-corrected chi connectivity index (χ2v) is 6.98. The standard InChI is InChI=1S/C20H32ClN3O2/c1-2-22-20(24-12-8-17-4-6-19(21)7-5-17)23-11-3-13-26-16-18-9-14-25-15-10-18/h4-7,18H,2-3,8-16H2,1H3,(H2,22,23,24). The predicted octanol–water partition coefficient (Wildman–Crippen LogP) is 3.27. The van der Waals surface area contributed by atoms with Gasteiger partial charge in [0.05, 0.1) is 0 Å². The number of ether oxygens (including phenoxy) is 2. The third-order valence-corrected chi connectivity index (χ3v) is 4.63.